The van der Waals surface area contributed by atoms with Gasteiger partial charge in [0.2, 0.25) is 0 Å². The summed E-state index contributed by atoms with van der Waals surface area (Å²) in [5.41, 5.74) is 6.07. The van der Waals surface area contributed by atoms with Crippen LogP contribution in [-0.2, 0) is 4.79 Å². The van der Waals surface area contributed by atoms with Crippen molar-refractivity contribution in [3.05, 3.63) is 29.6 Å². The predicted molar refractivity (Wildman–Crippen MR) is 81.6 cm³/mol. The lowest BCUT2D eigenvalue weighted by Gasteiger charge is -2.26. The largest absolute Gasteiger partial charge is 0.478 e. The lowest BCUT2D eigenvalue weighted by atomic mass is 10.0. The molecule has 0 fully saturated rings. The van der Waals surface area contributed by atoms with E-state index < -0.39 is 11.9 Å². The van der Waals surface area contributed by atoms with E-state index in [0.29, 0.717) is 5.56 Å². The molecule has 0 aliphatic carbocycles. The van der Waals surface area contributed by atoms with E-state index in [-0.39, 0.29) is 23.2 Å². The van der Waals surface area contributed by atoms with Crippen LogP contribution in [0.3, 0.4) is 0 Å². The fourth-order valence-corrected chi connectivity index (χ4v) is 1.66. The first-order valence-electron chi connectivity index (χ1n) is 7.20. The van der Waals surface area contributed by atoms with E-state index in [1.807, 2.05) is 20.8 Å². The Morgan fingerprint density at radius 2 is 2.05 bits per heavy atom. The molecule has 0 bridgehead atoms. The van der Waals surface area contributed by atoms with Crippen LogP contribution >= 0.6 is 0 Å². The van der Waals surface area contributed by atoms with Crippen LogP contribution in [0.5, 0.6) is 5.75 Å². The van der Waals surface area contributed by atoms with E-state index in [2.05, 4.69) is 5.32 Å². The molecule has 3 N–H and O–H groups in total. The number of nitrogens with one attached hydrogen (secondary N) is 1. The third kappa shape index (κ3) is 5.01. The zero-order valence-electron chi connectivity index (χ0n) is 13.4. The number of carbonyl (C=O) groups is 1. The first-order chi connectivity index (χ1) is 9.66. The molecule has 1 rings (SSSR count). The maximum absolute atomic E-state index is 13.9. The van der Waals surface area contributed by atoms with Gasteiger partial charge in [-0.3, -0.25) is 4.79 Å². The summed E-state index contributed by atoms with van der Waals surface area (Å²) in [6.45, 7) is 9.21. The summed E-state index contributed by atoms with van der Waals surface area (Å²) in [7, 11) is 0. The number of halogens is 1. The van der Waals surface area contributed by atoms with Gasteiger partial charge in [-0.25, -0.2) is 4.39 Å². The van der Waals surface area contributed by atoms with Gasteiger partial charge in [-0.1, -0.05) is 13.0 Å². The summed E-state index contributed by atoms with van der Waals surface area (Å²) in [6.07, 6.45) is 0.0228. The molecule has 118 valence electrons. The third-order valence-corrected chi connectivity index (χ3v) is 3.50. The molecule has 0 heterocycles. The second-order valence-electron chi connectivity index (χ2n) is 5.97. The van der Waals surface area contributed by atoms with Gasteiger partial charge in [0.15, 0.2) is 17.7 Å². The molecule has 1 aromatic carbocycles. The Hall–Kier alpha value is -1.62. The van der Waals surface area contributed by atoms with Gasteiger partial charge in [-0.15, -0.1) is 0 Å². The van der Waals surface area contributed by atoms with Crippen molar-refractivity contribution < 1.29 is 13.9 Å². The van der Waals surface area contributed by atoms with Crippen LogP contribution in [0.1, 0.15) is 52.6 Å². The molecule has 1 unspecified atom stereocenters. The van der Waals surface area contributed by atoms with Crippen LogP contribution in [0.25, 0.3) is 0 Å². The first kappa shape index (κ1) is 17.4. The molecule has 4 nitrogen and oxygen atoms in total. The zero-order valence-corrected chi connectivity index (χ0v) is 13.4. The lowest BCUT2D eigenvalue weighted by Crippen LogP contribution is -2.48. The van der Waals surface area contributed by atoms with Gasteiger partial charge in [-0.05, 0) is 51.8 Å². The Bertz CT molecular complexity index is 501. The summed E-state index contributed by atoms with van der Waals surface area (Å²) in [5.74, 6) is -0.729. The van der Waals surface area contributed by atoms with Gasteiger partial charge in [0.1, 0.15) is 0 Å². The molecule has 0 spiro atoms. The molecule has 0 saturated heterocycles. The summed E-state index contributed by atoms with van der Waals surface area (Å²) in [4.78, 5) is 12.0. The number of benzene rings is 1. The highest BCUT2D eigenvalue weighted by Crippen LogP contribution is 2.22. The molecule has 21 heavy (non-hydrogen) atoms. The molecule has 0 radical (unpaired) electrons. The van der Waals surface area contributed by atoms with Crippen LogP contribution in [0.4, 0.5) is 4.39 Å². The monoisotopic (exact) mass is 296 g/mol. The number of amides is 1. The molecule has 2 atom stereocenters. The average Bonchev–Trinajstić information content (AvgIpc) is 2.40. The second-order valence-corrected chi connectivity index (χ2v) is 5.97. The van der Waals surface area contributed by atoms with Crippen molar-refractivity contribution in [2.45, 2.75) is 58.7 Å². The fraction of sp³-hybridized carbons (Fsp3) is 0.562. The standard InChI is InChI=1S/C16H25FN2O2/c1-6-16(4,5)19-15(20)11(3)21-14-8-7-12(10(2)18)9-13(14)17/h7-11H,6,18H2,1-5H3,(H,19,20)/t10-,11?/m0/s1. The molecule has 0 aromatic heterocycles. The molecular weight excluding hydrogens is 271 g/mol. The van der Waals surface area contributed by atoms with Crippen molar-refractivity contribution in [1.29, 1.82) is 0 Å². The summed E-state index contributed by atoms with van der Waals surface area (Å²) in [6, 6.07) is 4.28. The van der Waals surface area contributed by atoms with Crippen molar-refractivity contribution in [2.24, 2.45) is 5.73 Å². The topological polar surface area (TPSA) is 64.3 Å². The number of ether oxygens (including phenoxy) is 1. The minimum atomic E-state index is -0.772. The minimum absolute atomic E-state index is 0.0522. The van der Waals surface area contributed by atoms with E-state index in [1.54, 1.807) is 19.9 Å². The zero-order chi connectivity index (χ0) is 16.2. The number of rotatable bonds is 6. The second kappa shape index (κ2) is 6.89. The Morgan fingerprint density at radius 3 is 2.52 bits per heavy atom. The lowest BCUT2D eigenvalue weighted by molar-refractivity contribution is -0.129. The van der Waals surface area contributed by atoms with E-state index in [4.69, 9.17) is 10.5 Å². The van der Waals surface area contributed by atoms with Crippen LogP contribution in [-0.4, -0.2) is 17.6 Å². The smallest absolute Gasteiger partial charge is 0.261 e. The Morgan fingerprint density at radius 1 is 1.43 bits per heavy atom. The van der Waals surface area contributed by atoms with Gasteiger partial charge >= 0.3 is 0 Å². The average molecular weight is 296 g/mol. The molecule has 0 aliphatic rings. The first-order valence-corrected chi connectivity index (χ1v) is 7.20. The summed E-state index contributed by atoms with van der Waals surface area (Å²) in [5, 5.41) is 2.87. The number of carbonyl (C=O) groups excluding carboxylic acids is 1. The Kier molecular flexibility index (Phi) is 5.72. The fourth-order valence-electron chi connectivity index (χ4n) is 1.66. The van der Waals surface area contributed by atoms with Crippen molar-refractivity contribution in [3.63, 3.8) is 0 Å². The van der Waals surface area contributed by atoms with E-state index in [0.717, 1.165) is 6.42 Å². The van der Waals surface area contributed by atoms with E-state index in [1.165, 1.54) is 12.1 Å². The third-order valence-electron chi connectivity index (χ3n) is 3.50. The highest BCUT2D eigenvalue weighted by molar-refractivity contribution is 5.81. The van der Waals surface area contributed by atoms with E-state index in [9.17, 15) is 9.18 Å². The Balaban J connectivity index is 2.75. The van der Waals surface area contributed by atoms with Crippen LogP contribution in [0.2, 0.25) is 0 Å². The summed E-state index contributed by atoms with van der Waals surface area (Å²) >= 11 is 0. The van der Waals surface area contributed by atoms with Crippen LogP contribution in [0, 0.1) is 5.82 Å². The van der Waals surface area contributed by atoms with Crippen molar-refractivity contribution in [1.82, 2.24) is 5.32 Å². The van der Waals surface area contributed by atoms with Gasteiger partial charge in [0.25, 0.3) is 5.91 Å². The maximum atomic E-state index is 13.9. The SMILES string of the molecule is CCC(C)(C)NC(=O)C(C)Oc1ccc([C@H](C)N)cc1F. The summed E-state index contributed by atoms with van der Waals surface area (Å²) < 4.78 is 19.3. The Labute approximate surface area is 125 Å². The molecule has 0 saturated carbocycles. The molecule has 0 aliphatic heterocycles. The minimum Gasteiger partial charge on any atom is -0.478 e. The normalized spacial score (nSPS) is 14.4. The number of hydrogen-bond acceptors (Lipinski definition) is 3. The number of nitrogens with two attached hydrogens (primary N) is 1. The van der Waals surface area contributed by atoms with Gasteiger partial charge in [0.05, 0.1) is 0 Å². The number of hydrogen-bond donors (Lipinski definition) is 2. The van der Waals surface area contributed by atoms with Crippen molar-refractivity contribution in [3.8, 4) is 5.75 Å². The molecule has 1 amide bonds. The molecular formula is C16H25FN2O2. The van der Waals surface area contributed by atoms with Gasteiger partial charge < -0.3 is 15.8 Å². The highest BCUT2D eigenvalue weighted by atomic mass is 19.1. The predicted octanol–water partition coefficient (Wildman–Crippen LogP) is 2.92. The van der Waals surface area contributed by atoms with E-state index >= 15 is 0 Å². The van der Waals surface area contributed by atoms with Crippen molar-refractivity contribution in [2.75, 3.05) is 0 Å². The van der Waals surface area contributed by atoms with Crippen LogP contribution < -0.4 is 15.8 Å². The van der Waals surface area contributed by atoms with Gasteiger partial charge in [0, 0.05) is 11.6 Å². The van der Waals surface area contributed by atoms with Crippen molar-refractivity contribution >= 4 is 5.91 Å². The van der Waals surface area contributed by atoms with Crippen LogP contribution in [0.15, 0.2) is 18.2 Å². The quantitative estimate of drug-likeness (QED) is 0.848. The highest BCUT2D eigenvalue weighted by Gasteiger charge is 2.23. The maximum Gasteiger partial charge on any atom is 0.261 e. The molecule has 1 aromatic rings. The van der Waals surface area contributed by atoms with Gasteiger partial charge in [-0.2, -0.15) is 0 Å². The molecule has 5 heteroatoms.